The predicted octanol–water partition coefficient (Wildman–Crippen LogP) is 4.21. The average molecular weight is 581 g/mol. The number of hydrogen-bond acceptors (Lipinski definition) is 10. The van der Waals surface area contributed by atoms with E-state index in [1.54, 1.807) is 41.8 Å². The van der Waals surface area contributed by atoms with Crippen molar-refractivity contribution < 1.29 is 28.6 Å². The first-order valence-corrected chi connectivity index (χ1v) is 14.4. The third-order valence-electron chi connectivity index (χ3n) is 7.26. The Morgan fingerprint density at radius 2 is 1.76 bits per heavy atom. The second kappa shape index (κ2) is 14.9. The van der Waals surface area contributed by atoms with Crippen LogP contribution in [0.15, 0.2) is 54.9 Å². The van der Waals surface area contributed by atoms with Crippen molar-refractivity contribution in [3.8, 4) is 10.7 Å². The van der Waals surface area contributed by atoms with Gasteiger partial charge in [-0.1, -0.05) is 18.2 Å². The monoisotopic (exact) mass is 580 g/mol. The van der Waals surface area contributed by atoms with E-state index in [9.17, 15) is 14.4 Å². The van der Waals surface area contributed by atoms with Crippen LogP contribution in [0.1, 0.15) is 40.9 Å². The van der Waals surface area contributed by atoms with Crippen molar-refractivity contribution in [1.82, 2.24) is 14.9 Å². The highest BCUT2D eigenvalue weighted by atomic mass is 32.1. The Balaban J connectivity index is 1.33. The van der Waals surface area contributed by atoms with Crippen molar-refractivity contribution in [3.05, 3.63) is 65.3 Å². The number of amides is 1. The van der Waals surface area contributed by atoms with E-state index in [4.69, 9.17) is 9.47 Å². The molecule has 41 heavy (non-hydrogen) atoms. The number of nitrogens with zero attached hydrogens (tertiary/aromatic N) is 4. The number of piperidine rings is 1. The van der Waals surface area contributed by atoms with Gasteiger partial charge in [-0.2, -0.15) is 0 Å². The fraction of sp³-hybridized carbons (Fsp3) is 0.433. The third kappa shape index (κ3) is 8.04. The number of likely N-dealkylation sites (tertiary alicyclic amines) is 1. The molecular formula is C30H36N4O6S. The molecule has 1 saturated heterocycles. The zero-order valence-corrected chi connectivity index (χ0v) is 24.5. The van der Waals surface area contributed by atoms with E-state index >= 15 is 0 Å². The van der Waals surface area contributed by atoms with Crippen molar-refractivity contribution in [2.45, 2.75) is 38.5 Å². The lowest BCUT2D eigenvalue weighted by molar-refractivity contribution is -0.152. The van der Waals surface area contributed by atoms with E-state index in [-0.39, 0.29) is 12.3 Å². The summed E-state index contributed by atoms with van der Waals surface area (Å²) in [5.74, 6) is -1.57. The predicted molar refractivity (Wildman–Crippen MR) is 156 cm³/mol. The zero-order valence-electron chi connectivity index (χ0n) is 23.7. The molecule has 11 heteroatoms. The Labute approximate surface area is 244 Å². The van der Waals surface area contributed by atoms with Crippen molar-refractivity contribution in [3.63, 3.8) is 0 Å². The fourth-order valence-corrected chi connectivity index (χ4v) is 5.87. The standard InChI is InChI=1S/C30H36N4O6S/c1-38-27(39-2)20-34(29(36)30(37)40-3)25-10-5-4-8-23(25)26(35)12-11-21-13-16-33(17-14-21)19-22-18-32-28(41-22)24-9-6-7-15-31-24/h4-10,15,18,21,27H,11-14,16-17,19-20H2,1-3H3. The highest BCUT2D eigenvalue weighted by molar-refractivity contribution is 7.14. The van der Waals surface area contributed by atoms with Crippen LogP contribution in [-0.2, 0) is 30.3 Å². The number of rotatable bonds is 12. The summed E-state index contributed by atoms with van der Waals surface area (Å²) >= 11 is 1.67. The lowest BCUT2D eigenvalue weighted by atomic mass is 9.90. The topological polar surface area (TPSA) is 111 Å². The average Bonchev–Trinajstić information content (AvgIpc) is 3.49. The van der Waals surface area contributed by atoms with Gasteiger partial charge in [-0.25, -0.2) is 9.78 Å². The first-order chi connectivity index (χ1) is 19.9. The van der Waals surface area contributed by atoms with Gasteiger partial charge in [0.25, 0.3) is 0 Å². The van der Waals surface area contributed by atoms with Crippen LogP contribution < -0.4 is 4.90 Å². The summed E-state index contributed by atoms with van der Waals surface area (Å²) in [5.41, 5.74) is 1.60. The highest BCUT2D eigenvalue weighted by Gasteiger charge is 2.30. The van der Waals surface area contributed by atoms with E-state index in [1.807, 2.05) is 24.4 Å². The maximum atomic E-state index is 13.4. The number of Topliss-reactive ketones (excluding diaryl/α,β-unsaturated/α-hetero) is 1. The van der Waals surface area contributed by atoms with Crippen molar-refractivity contribution >= 4 is 34.7 Å². The van der Waals surface area contributed by atoms with E-state index in [0.29, 0.717) is 23.6 Å². The number of ether oxygens (including phenoxy) is 3. The molecule has 4 rings (SSSR count). The summed E-state index contributed by atoms with van der Waals surface area (Å²) in [5, 5.41) is 0.932. The number of aromatic nitrogens is 2. The van der Waals surface area contributed by atoms with Crippen LogP contribution in [0.25, 0.3) is 10.7 Å². The van der Waals surface area contributed by atoms with Gasteiger partial charge in [-0.3, -0.25) is 24.4 Å². The molecule has 0 N–H and O–H groups in total. The summed E-state index contributed by atoms with van der Waals surface area (Å²) in [6.07, 6.45) is 6.06. The second-order valence-electron chi connectivity index (χ2n) is 9.85. The molecule has 3 aromatic rings. The van der Waals surface area contributed by atoms with Gasteiger partial charge in [0.15, 0.2) is 12.1 Å². The van der Waals surface area contributed by atoms with Gasteiger partial charge in [-0.15, -0.1) is 11.3 Å². The minimum atomic E-state index is -1.03. The maximum absolute atomic E-state index is 13.4. The third-order valence-corrected chi connectivity index (χ3v) is 8.27. The Morgan fingerprint density at radius 3 is 2.44 bits per heavy atom. The largest absolute Gasteiger partial charge is 0.462 e. The van der Waals surface area contributed by atoms with Crippen LogP contribution >= 0.6 is 11.3 Å². The lowest BCUT2D eigenvalue weighted by Gasteiger charge is -2.31. The van der Waals surface area contributed by atoms with Gasteiger partial charge in [-0.05, 0) is 62.5 Å². The number of hydrogen-bond donors (Lipinski definition) is 0. The molecule has 0 unspecified atom stereocenters. The molecule has 0 atom stereocenters. The fourth-order valence-electron chi connectivity index (χ4n) is 4.94. The number of carbonyl (C=O) groups excluding carboxylic acids is 3. The Hall–Kier alpha value is -3.51. The van der Waals surface area contributed by atoms with Crippen LogP contribution in [0.3, 0.4) is 0 Å². The Kier molecular flexibility index (Phi) is 11.1. The smallest absolute Gasteiger partial charge is 0.397 e. The summed E-state index contributed by atoms with van der Waals surface area (Å²) in [7, 11) is 4.02. The van der Waals surface area contributed by atoms with Crippen molar-refractivity contribution in [2.75, 3.05) is 45.9 Å². The van der Waals surface area contributed by atoms with Crippen LogP contribution in [0.5, 0.6) is 0 Å². The van der Waals surface area contributed by atoms with E-state index in [0.717, 1.165) is 56.7 Å². The van der Waals surface area contributed by atoms with Gasteiger partial charge in [0.1, 0.15) is 5.01 Å². The first-order valence-electron chi connectivity index (χ1n) is 13.6. The maximum Gasteiger partial charge on any atom is 0.397 e. The highest BCUT2D eigenvalue weighted by Crippen LogP contribution is 2.29. The summed E-state index contributed by atoms with van der Waals surface area (Å²) in [6.45, 7) is 2.70. The van der Waals surface area contributed by atoms with Gasteiger partial charge in [0.05, 0.1) is 25.0 Å². The lowest BCUT2D eigenvalue weighted by Crippen LogP contribution is -2.43. The van der Waals surface area contributed by atoms with Gasteiger partial charge in [0, 0.05) is 50.0 Å². The molecule has 1 aliphatic heterocycles. The Morgan fingerprint density at radius 1 is 1.02 bits per heavy atom. The molecule has 1 aromatic carbocycles. The van der Waals surface area contributed by atoms with E-state index in [2.05, 4.69) is 19.6 Å². The molecule has 0 spiro atoms. The summed E-state index contributed by atoms with van der Waals surface area (Å²) in [4.78, 5) is 52.1. The van der Waals surface area contributed by atoms with Crippen molar-refractivity contribution in [2.24, 2.45) is 5.92 Å². The van der Waals surface area contributed by atoms with E-state index < -0.39 is 18.2 Å². The first kappa shape index (κ1) is 30.4. The van der Waals surface area contributed by atoms with Crippen LogP contribution in [0.2, 0.25) is 0 Å². The number of pyridine rings is 1. The molecule has 2 aromatic heterocycles. The molecule has 10 nitrogen and oxygen atoms in total. The number of benzene rings is 1. The minimum absolute atomic E-state index is 0.0766. The molecule has 0 bridgehead atoms. The zero-order chi connectivity index (χ0) is 29.2. The van der Waals surface area contributed by atoms with Gasteiger partial charge < -0.3 is 14.2 Å². The van der Waals surface area contributed by atoms with Crippen LogP contribution in [-0.4, -0.2) is 79.8 Å². The van der Waals surface area contributed by atoms with Crippen molar-refractivity contribution in [1.29, 1.82) is 0 Å². The number of anilines is 1. The quantitative estimate of drug-likeness (QED) is 0.135. The number of thiazole rings is 1. The molecule has 218 valence electrons. The van der Waals surface area contributed by atoms with E-state index in [1.165, 1.54) is 24.0 Å². The molecule has 1 amide bonds. The van der Waals surface area contributed by atoms with Gasteiger partial charge in [0.2, 0.25) is 0 Å². The number of para-hydroxylation sites is 1. The second-order valence-corrected chi connectivity index (χ2v) is 11.0. The molecule has 0 saturated carbocycles. The SMILES string of the molecule is COC(=O)C(=O)N(CC(OC)OC)c1ccccc1C(=O)CCC1CCN(Cc2cnc(-c3ccccn3)s2)CC1. The summed E-state index contributed by atoms with van der Waals surface area (Å²) < 4.78 is 15.1. The normalized spacial score (nSPS) is 14.2. The molecule has 1 aliphatic rings. The summed E-state index contributed by atoms with van der Waals surface area (Å²) in [6, 6.07) is 12.6. The molecular weight excluding hydrogens is 544 g/mol. The van der Waals surface area contributed by atoms with Crippen LogP contribution in [0.4, 0.5) is 5.69 Å². The number of ketones is 1. The number of methoxy groups -OCH3 is 3. The van der Waals surface area contributed by atoms with Crippen LogP contribution in [0, 0.1) is 5.92 Å². The molecule has 3 heterocycles. The number of esters is 1. The molecule has 1 fully saturated rings. The Bertz CT molecular complexity index is 1310. The number of carbonyl (C=O) groups is 3. The van der Waals surface area contributed by atoms with Gasteiger partial charge >= 0.3 is 11.9 Å². The minimum Gasteiger partial charge on any atom is -0.462 e. The molecule has 0 radical (unpaired) electrons. The molecule has 0 aliphatic carbocycles.